The SMILES string of the molecule is COc1cccc(-n2nnc(C(=O)Nc3ccc(OC)c(OCc4cn5ccccc5n4)c3)c2C)c1. The van der Waals surface area contributed by atoms with Gasteiger partial charge in [-0.2, -0.15) is 0 Å². The highest BCUT2D eigenvalue weighted by atomic mass is 16.5. The number of carbonyl (C=O) groups is 1. The van der Waals surface area contributed by atoms with Crippen LogP contribution in [0, 0.1) is 6.92 Å². The van der Waals surface area contributed by atoms with Crippen molar-refractivity contribution in [3.05, 3.63) is 90.1 Å². The predicted octanol–water partition coefficient (Wildman–Crippen LogP) is 4.07. The molecule has 1 N–H and O–H groups in total. The van der Waals surface area contributed by atoms with E-state index in [-0.39, 0.29) is 12.3 Å². The van der Waals surface area contributed by atoms with Gasteiger partial charge in [0.2, 0.25) is 0 Å². The molecule has 0 fully saturated rings. The van der Waals surface area contributed by atoms with Crippen LogP contribution >= 0.6 is 0 Å². The molecule has 10 nitrogen and oxygen atoms in total. The molecule has 3 aromatic heterocycles. The molecule has 10 heteroatoms. The number of methoxy groups -OCH3 is 2. The van der Waals surface area contributed by atoms with Crippen LogP contribution in [0.1, 0.15) is 21.9 Å². The highest BCUT2D eigenvalue weighted by Crippen LogP contribution is 2.31. The van der Waals surface area contributed by atoms with Crippen LogP contribution in [0.25, 0.3) is 11.3 Å². The highest BCUT2D eigenvalue weighted by Gasteiger charge is 2.19. The standard InChI is InChI=1S/C26H24N6O4/c1-17-25(29-30-32(17)20-7-6-8-21(14-20)34-2)26(33)28-18-10-11-22(35-3)23(13-18)36-16-19-15-31-12-5-4-9-24(31)27-19/h4-15H,16H2,1-3H3,(H,28,33). The van der Waals surface area contributed by atoms with Crippen molar-refractivity contribution in [1.29, 1.82) is 0 Å². The Hall–Kier alpha value is -4.86. The fourth-order valence-corrected chi connectivity index (χ4v) is 3.79. The van der Waals surface area contributed by atoms with E-state index in [4.69, 9.17) is 14.2 Å². The van der Waals surface area contributed by atoms with E-state index in [1.807, 2.05) is 59.3 Å². The van der Waals surface area contributed by atoms with Crippen LogP contribution in [0.3, 0.4) is 0 Å². The molecule has 0 atom stereocenters. The summed E-state index contributed by atoms with van der Waals surface area (Å²) in [6, 6.07) is 18.3. The molecule has 0 aliphatic heterocycles. The highest BCUT2D eigenvalue weighted by molar-refractivity contribution is 6.03. The van der Waals surface area contributed by atoms with E-state index in [1.54, 1.807) is 44.0 Å². The summed E-state index contributed by atoms with van der Waals surface area (Å²) in [5.41, 5.74) is 3.67. The van der Waals surface area contributed by atoms with Crippen LogP contribution in [-0.2, 0) is 6.61 Å². The molecule has 0 spiro atoms. The second-order valence-electron chi connectivity index (χ2n) is 7.94. The Kier molecular flexibility index (Phi) is 6.23. The molecule has 1 amide bonds. The molecule has 182 valence electrons. The van der Waals surface area contributed by atoms with Crippen molar-refractivity contribution in [2.75, 3.05) is 19.5 Å². The Bertz CT molecular complexity index is 1510. The summed E-state index contributed by atoms with van der Waals surface area (Å²) in [7, 11) is 3.15. The summed E-state index contributed by atoms with van der Waals surface area (Å²) in [5, 5.41) is 11.1. The van der Waals surface area contributed by atoms with E-state index in [0.29, 0.717) is 28.6 Å². The van der Waals surface area contributed by atoms with Gasteiger partial charge in [-0.3, -0.25) is 4.79 Å². The maximum absolute atomic E-state index is 13.0. The lowest BCUT2D eigenvalue weighted by molar-refractivity contribution is 0.102. The van der Waals surface area contributed by atoms with E-state index in [0.717, 1.165) is 17.0 Å². The summed E-state index contributed by atoms with van der Waals surface area (Å²) >= 11 is 0. The first-order chi connectivity index (χ1) is 17.6. The molecule has 0 aliphatic rings. The number of nitrogens with one attached hydrogen (secondary N) is 1. The average molecular weight is 485 g/mol. The zero-order valence-corrected chi connectivity index (χ0v) is 20.0. The summed E-state index contributed by atoms with van der Waals surface area (Å²) in [6.07, 6.45) is 3.83. The molecule has 2 aromatic carbocycles. The van der Waals surface area contributed by atoms with E-state index in [1.165, 1.54) is 0 Å². The number of rotatable bonds is 8. The quantitative estimate of drug-likeness (QED) is 0.354. The van der Waals surface area contributed by atoms with Crippen molar-refractivity contribution in [3.8, 4) is 22.9 Å². The Morgan fingerprint density at radius 3 is 2.69 bits per heavy atom. The number of hydrogen-bond donors (Lipinski definition) is 1. The minimum Gasteiger partial charge on any atom is -0.497 e. The average Bonchev–Trinajstić information content (AvgIpc) is 3.50. The number of ether oxygens (including phenoxy) is 3. The molecule has 5 aromatic rings. The van der Waals surface area contributed by atoms with Gasteiger partial charge in [0.05, 0.1) is 31.3 Å². The summed E-state index contributed by atoms with van der Waals surface area (Å²) in [4.78, 5) is 17.6. The van der Waals surface area contributed by atoms with Gasteiger partial charge in [-0.15, -0.1) is 5.10 Å². The monoisotopic (exact) mass is 484 g/mol. The van der Waals surface area contributed by atoms with E-state index >= 15 is 0 Å². The Morgan fingerprint density at radius 1 is 1.00 bits per heavy atom. The Balaban J connectivity index is 1.33. The number of anilines is 1. The number of benzene rings is 2. The van der Waals surface area contributed by atoms with Crippen LogP contribution < -0.4 is 19.5 Å². The number of hydrogen-bond acceptors (Lipinski definition) is 7. The van der Waals surface area contributed by atoms with Crippen molar-refractivity contribution in [3.63, 3.8) is 0 Å². The minimum absolute atomic E-state index is 0.209. The summed E-state index contributed by atoms with van der Waals surface area (Å²) in [6.45, 7) is 2.02. The van der Waals surface area contributed by atoms with Crippen molar-refractivity contribution >= 4 is 17.2 Å². The fourth-order valence-electron chi connectivity index (χ4n) is 3.79. The first-order valence-corrected chi connectivity index (χ1v) is 11.2. The van der Waals surface area contributed by atoms with Crippen molar-refractivity contribution in [1.82, 2.24) is 24.4 Å². The Morgan fingerprint density at radius 2 is 1.89 bits per heavy atom. The molecule has 3 heterocycles. The van der Waals surface area contributed by atoms with Crippen molar-refractivity contribution in [2.45, 2.75) is 13.5 Å². The molecule has 5 rings (SSSR count). The first-order valence-electron chi connectivity index (χ1n) is 11.2. The number of aromatic nitrogens is 5. The van der Waals surface area contributed by atoms with Gasteiger partial charge in [0, 0.05) is 30.2 Å². The van der Waals surface area contributed by atoms with Gasteiger partial charge in [0.25, 0.3) is 5.91 Å². The number of amides is 1. The fraction of sp³-hybridized carbons (Fsp3) is 0.154. The van der Waals surface area contributed by atoms with Crippen LogP contribution in [0.4, 0.5) is 5.69 Å². The van der Waals surface area contributed by atoms with Gasteiger partial charge >= 0.3 is 0 Å². The van der Waals surface area contributed by atoms with Gasteiger partial charge in [-0.1, -0.05) is 17.3 Å². The minimum atomic E-state index is -0.391. The third-order valence-electron chi connectivity index (χ3n) is 5.62. The molecule has 0 aliphatic carbocycles. The van der Waals surface area contributed by atoms with E-state index in [2.05, 4.69) is 20.6 Å². The van der Waals surface area contributed by atoms with Gasteiger partial charge in [0.15, 0.2) is 17.2 Å². The number of imidazole rings is 1. The number of carbonyl (C=O) groups excluding carboxylic acids is 1. The maximum Gasteiger partial charge on any atom is 0.278 e. The first kappa shape index (κ1) is 22.9. The van der Waals surface area contributed by atoms with Gasteiger partial charge in [-0.05, 0) is 43.3 Å². The van der Waals surface area contributed by atoms with E-state index in [9.17, 15) is 4.79 Å². The van der Waals surface area contributed by atoms with Crippen LogP contribution in [-0.4, -0.2) is 44.5 Å². The van der Waals surface area contributed by atoms with Crippen LogP contribution in [0.2, 0.25) is 0 Å². The molecule has 0 radical (unpaired) electrons. The smallest absolute Gasteiger partial charge is 0.278 e. The summed E-state index contributed by atoms with van der Waals surface area (Å²) in [5.74, 6) is 1.31. The maximum atomic E-state index is 13.0. The second-order valence-corrected chi connectivity index (χ2v) is 7.94. The van der Waals surface area contributed by atoms with E-state index < -0.39 is 5.91 Å². The van der Waals surface area contributed by atoms with Crippen LogP contribution in [0.5, 0.6) is 17.2 Å². The normalized spacial score (nSPS) is 10.9. The number of pyridine rings is 1. The lowest BCUT2D eigenvalue weighted by Gasteiger charge is -2.12. The molecule has 0 unspecified atom stereocenters. The van der Waals surface area contributed by atoms with Crippen molar-refractivity contribution < 1.29 is 19.0 Å². The van der Waals surface area contributed by atoms with Gasteiger partial charge in [-0.25, -0.2) is 9.67 Å². The largest absolute Gasteiger partial charge is 0.497 e. The van der Waals surface area contributed by atoms with Gasteiger partial charge in [0.1, 0.15) is 18.0 Å². The molecule has 0 saturated heterocycles. The predicted molar refractivity (Wildman–Crippen MR) is 133 cm³/mol. The van der Waals surface area contributed by atoms with Crippen molar-refractivity contribution in [2.24, 2.45) is 0 Å². The Labute approximate surface area is 207 Å². The molecule has 0 bridgehead atoms. The molecule has 36 heavy (non-hydrogen) atoms. The lowest BCUT2D eigenvalue weighted by atomic mass is 10.2. The lowest BCUT2D eigenvalue weighted by Crippen LogP contribution is -2.14. The zero-order chi connectivity index (χ0) is 25.1. The number of nitrogens with zero attached hydrogens (tertiary/aromatic N) is 5. The summed E-state index contributed by atoms with van der Waals surface area (Å²) < 4.78 is 20.2. The topological polar surface area (TPSA) is 105 Å². The second kappa shape index (κ2) is 9.79. The molecular formula is C26H24N6O4. The zero-order valence-electron chi connectivity index (χ0n) is 20.0. The third kappa shape index (κ3) is 4.56. The van der Waals surface area contributed by atoms with Gasteiger partial charge < -0.3 is 23.9 Å². The number of fused-ring (bicyclic) bond motifs is 1. The molecule has 0 saturated carbocycles. The van der Waals surface area contributed by atoms with Crippen LogP contribution in [0.15, 0.2) is 73.1 Å². The molecular weight excluding hydrogens is 460 g/mol. The third-order valence-corrected chi connectivity index (χ3v) is 5.62.